The Labute approximate surface area is 101 Å². The van der Waals surface area contributed by atoms with E-state index < -0.39 is 16.1 Å². The van der Waals surface area contributed by atoms with E-state index in [0.29, 0.717) is 11.4 Å². The summed E-state index contributed by atoms with van der Waals surface area (Å²) in [5, 5.41) is 11.2. The summed E-state index contributed by atoms with van der Waals surface area (Å²) in [7, 11) is -2.02. The van der Waals surface area contributed by atoms with E-state index in [1.807, 2.05) is 0 Å². The first-order valence-electron chi connectivity index (χ1n) is 5.03. The van der Waals surface area contributed by atoms with Crippen molar-refractivity contribution in [2.75, 3.05) is 0 Å². The highest BCUT2D eigenvalue weighted by molar-refractivity contribution is 7.89. The molecule has 0 amide bonds. The van der Waals surface area contributed by atoms with Crippen molar-refractivity contribution in [3.05, 3.63) is 11.4 Å². The molecule has 7 nitrogen and oxygen atoms in total. The van der Waals surface area contributed by atoms with Crippen LogP contribution in [0.5, 0.6) is 0 Å². The molecule has 0 aliphatic heterocycles. The highest BCUT2D eigenvalue weighted by Crippen LogP contribution is 2.18. The van der Waals surface area contributed by atoms with Gasteiger partial charge in [0.05, 0.1) is 17.4 Å². The Morgan fingerprint density at radius 3 is 2.41 bits per heavy atom. The minimum absolute atomic E-state index is 0.146. The molecule has 0 radical (unpaired) electrons. The maximum absolute atomic E-state index is 12.1. The molecular formula is C9H17N5O2S. The van der Waals surface area contributed by atoms with E-state index in [2.05, 4.69) is 9.82 Å². The lowest BCUT2D eigenvalue weighted by Gasteiger charge is -2.12. The van der Waals surface area contributed by atoms with Crippen molar-refractivity contribution in [1.82, 2.24) is 14.5 Å². The molecule has 1 atom stereocenters. The van der Waals surface area contributed by atoms with E-state index in [9.17, 15) is 8.42 Å². The zero-order valence-corrected chi connectivity index (χ0v) is 11.1. The van der Waals surface area contributed by atoms with Crippen LogP contribution < -0.4 is 10.5 Å². The summed E-state index contributed by atoms with van der Waals surface area (Å²) in [6.45, 7) is 4.81. The van der Waals surface area contributed by atoms with E-state index in [1.165, 1.54) is 11.6 Å². The minimum atomic E-state index is -3.70. The molecule has 0 aromatic carbocycles. The zero-order chi connectivity index (χ0) is 13.4. The van der Waals surface area contributed by atoms with Gasteiger partial charge in [0.15, 0.2) is 0 Å². The molecule has 8 heteroatoms. The SMILES string of the molecule is Cc1nn(C)c(C)c1S(=O)(=O)NC(C)C(=N)N. The smallest absolute Gasteiger partial charge is 0.244 e. The van der Waals surface area contributed by atoms with Crippen molar-refractivity contribution < 1.29 is 8.42 Å². The lowest BCUT2D eigenvalue weighted by Crippen LogP contribution is -2.42. The van der Waals surface area contributed by atoms with Gasteiger partial charge in [-0.15, -0.1) is 0 Å². The van der Waals surface area contributed by atoms with Crippen molar-refractivity contribution in [2.45, 2.75) is 31.7 Å². The van der Waals surface area contributed by atoms with Crippen LogP contribution in [0.2, 0.25) is 0 Å². The van der Waals surface area contributed by atoms with Gasteiger partial charge >= 0.3 is 0 Å². The molecule has 1 rings (SSSR count). The quantitative estimate of drug-likeness (QED) is 0.506. The van der Waals surface area contributed by atoms with Crippen LogP contribution in [0.1, 0.15) is 18.3 Å². The average molecular weight is 259 g/mol. The standard InChI is InChI=1S/C9H17N5O2S/c1-5-8(7(3)14(4)12-5)17(15,16)13-6(2)9(10)11/h6,13H,1-4H3,(H3,10,11). The second-order valence-electron chi connectivity index (χ2n) is 3.92. The molecule has 96 valence electrons. The van der Waals surface area contributed by atoms with Gasteiger partial charge in [0, 0.05) is 7.05 Å². The summed E-state index contributed by atoms with van der Waals surface area (Å²) in [5.74, 6) is -0.229. The predicted octanol–water partition coefficient (Wildman–Crippen LogP) is -0.360. The van der Waals surface area contributed by atoms with Crippen LogP contribution in [0.4, 0.5) is 0 Å². The van der Waals surface area contributed by atoms with Gasteiger partial charge in [0.1, 0.15) is 10.7 Å². The Morgan fingerprint density at radius 1 is 1.53 bits per heavy atom. The lowest BCUT2D eigenvalue weighted by atomic mass is 10.3. The van der Waals surface area contributed by atoms with Gasteiger partial charge in [-0.2, -0.15) is 5.10 Å². The number of hydrogen-bond acceptors (Lipinski definition) is 4. The lowest BCUT2D eigenvalue weighted by molar-refractivity contribution is 0.576. The maximum atomic E-state index is 12.1. The summed E-state index contributed by atoms with van der Waals surface area (Å²) in [6, 6.07) is -0.737. The van der Waals surface area contributed by atoms with E-state index in [4.69, 9.17) is 11.1 Å². The molecule has 1 unspecified atom stereocenters. The number of amidine groups is 1. The first kappa shape index (κ1) is 13.7. The maximum Gasteiger partial charge on any atom is 0.244 e. The van der Waals surface area contributed by atoms with Crippen LogP contribution in [0.3, 0.4) is 0 Å². The molecule has 17 heavy (non-hydrogen) atoms. The van der Waals surface area contributed by atoms with Gasteiger partial charge in [-0.3, -0.25) is 10.1 Å². The number of rotatable bonds is 4. The van der Waals surface area contributed by atoms with Crippen LogP contribution in [-0.2, 0) is 17.1 Å². The fourth-order valence-corrected chi connectivity index (χ4v) is 3.16. The molecule has 1 aromatic heterocycles. The summed E-state index contributed by atoms with van der Waals surface area (Å²) < 4.78 is 28.0. The average Bonchev–Trinajstić information content (AvgIpc) is 2.40. The van der Waals surface area contributed by atoms with Gasteiger partial charge < -0.3 is 5.73 Å². The molecule has 0 aliphatic rings. The van der Waals surface area contributed by atoms with Gasteiger partial charge in [0.25, 0.3) is 0 Å². The third kappa shape index (κ3) is 2.64. The molecule has 4 N–H and O–H groups in total. The van der Waals surface area contributed by atoms with Crippen molar-refractivity contribution in [2.24, 2.45) is 12.8 Å². The largest absolute Gasteiger partial charge is 0.386 e. The first-order chi connectivity index (χ1) is 7.66. The molecule has 1 heterocycles. The van der Waals surface area contributed by atoms with Crippen molar-refractivity contribution in [3.8, 4) is 0 Å². The number of nitrogens with two attached hydrogens (primary N) is 1. The monoisotopic (exact) mass is 259 g/mol. The van der Waals surface area contributed by atoms with E-state index in [0.717, 1.165) is 0 Å². The molecule has 0 bridgehead atoms. The number of aromatic nitrogens is 2. The topological polar surface area (TPSA) is 114 Å². The van der Waals surface area contributed by atoms with Crippen LogP contribution in [-0.4, -0.2) is 30.1 Å². The highest BCUT2D eigenvalue weighted by Gasteiger charge is 2.25. The second-order valence-corrected chi connectivity index (χ2v) is 5.57. The Hall–Kier alpha value is -1.41. The number of nitrogens with one attached hydrogen (secondary N) is 2. The summed E-state index contributed by atoms with van der Waals surface area (Å²) in [5.41, 5.74) is 6.21. The first-order valence-corrected chi connectivity index (χ1v) is 6.51. The molecule has 0 aliphatic carbocycles. The summed E-state index contributed by atoms with van der Waals surface area (Å²) in [6.07, 6.45) is 0. The fourth-order valence-electron chi connectivity index (χ4n) is 1.50. The highest BCUT2D eigenvalue weighted by atomic mass is 32.2. The number of hydrogen-bond donors (Lipinski definition) is 3. The normalized spacial score (nSPS) is 13.6. The Bertz CT molecular complexity index is 546. The van der Waals surface area contributed by atoms with Crippen molar-refractivity contribution in [3.63, 3.8) is 0 Å². The van der Waals surface area contributed by atoms with E-state index in [-0.39, 0.29) is 10.7 Å². The third-order valence-corrected chi connectivity index (χ3v) is 4.30. The van der Waals surface area contributed by atoms with E-state index in [1.54, 1.807) is 20.9 Å². The van der Waals surface area contributed by atoms with Crippen LogP contribution in [0.15, 0.2) is 4.90 Å². The molecule has 0 spiro atoms. The Balaban J connectivity index is 3.19. The summed E-state index contributed by atoms with van der Waals surface area (Å²) >= 11 is 0. The van der Waals surface area contributed by atoms with Crippen LogP contribution in [0, 0.1) is 19.3 Å². The fraction of sp³-hybridized carbons (Fsp3) is 0.556. The van der Waals surface area contributed by atoms with Crippen LogP contribution in [0.25, 0.3) is 0 Å². The van der Waals surface area contributed by atoms with Crippen molar-refractivity contribution in [1.29, 1.82) is 5.41 Å². The second kappa shape index (κ2) is 4.46. The van der Waals surface area contributed by atoms with Gasteiger partial charge in [-0.05, 0) is 20.8 Å². The Morgan fingerprint density at radius 2 is 2.06 bits per heavy atom. The predicted molar refractivity (Wildman–Crippen MR) is 64.4 cm³/mol. The number of aryl methyl sites for hydroxylation is 2. The molecule has 1 aromatic rings. The molecule has 0 saturated heterocycles. The molecule has 0 fully saturated rings. The number of nitrogens with zero attached hydrogens (tertiary/aromatic N) is 2. The number of sulfonamides is 1. The zero-order valence-electron chi connectivity index (χ0n) is 10.3. The Kier molecular flexibility index (Phi) is 3.58. The molecular weight excluding hydrogens is 242 g/mol. The van der Waals surface area contributed by atoms with Crippen LogP contribution >= 0.6 is 0 Å². The van der Waals surface area contributed by atoms with E-state index >= 15 is 0 Å². The minimum Gasteiger partial charge on any atom is -0.386 e. The van der Waals surface area contributed by atoms with Gasteiger partial charge in [-0.25, -0.2) is 13.1 Å². The third-order valence-electron chi connectivity index (χ3n) is 2.51. The molecule has 0 saturated carbocycles. The van der Waals surface area contributed by atoms with Crippen molar-refractivity contribution >= 4 is 15.9 Å². The van der Waals surface area contributed by atoms with Gasteiger partial charge in [0.2, 0.25) is 10.0 Å². The summed E-state index contributed by atoms with van der Waals surface area (Å²) in [4.78, 5) is 0.146. The van der Waals surface area contributed by atoms with Gasteiger partial charge in [-0.1, -0.05) is 0 Å².